The minimum absolute atomic E-state index is 0.413. The van der Waals surface area contributed by atoms with Crippen LogP contribution in [0.2, 0.25) is 0 Å². The molecule has 0 unspecified atom stereocenters. The topological polar surface area (TPSA) is 18.5 Å². The van der Waals surface area contributed by atoms with Gasteiger partial charge in [0.25, 0.3) is 0 Å². The molecule has 20 heavy (non-hydrogen) atoms. The van der Waals surface area contributed by atoms with Gasteiger partial charge in [-0.05, 0) is 79.4 Å². The van der Waals surface area contributed by atoms with Crippen molar-refractivity contribution >= 4 is 0 Å². The molecule has 0 amide bonds. The van der Waals surface area contributed by atoms with Crippen molar-refractivity contribution in [2.45, 2.75) is 43.9 Å². The van der Waals surface area contributed by atoms with Gasteiger partial charge in [-0.1, -0.05) is 0 Å². The summed E-state index contributed by atoms with van der Waals surface area (Å²) in [5.74, 6) is 4.79. The fraction of sp³-hybridized carbons (Fsp3) is 0.667. The predicted octanol–water partition coefficient (Wildman–Crippen LogP) is 4.17. The predicted molar refractivity (Wildman–Crippen MR) is 79.4 cm³/mol. The molecule has 0 radical (unpaired) electrons. The number of benzene rings is 1. The molecule has 2 nitrogen and oxygen atoms in total. The van der Waals surface area contributed by atoms with Crippen molar-refractivity contribution in [1.82, 2.24) is 0 Å². The number of hydrogen-bond donors (Lipinski definition) is 0. The maximum atomic E-state index is 5.48. The molecule has 1 aromatic rings. The van der Waals surface area contributed by atoms with Gasteiger partial charge in [-0.15, -0.1) is 0 Å². The SMILES string of the molecule is COc1cc(OC)cc(C23CC4CC(CC(C4)C2)C3)c1. The van der Waals surface area contributed by atoms with Gasteiger partial charge >= 0.3 is 0 Å². The first kappa shape index (κ1) is 12.6. The third-order valence-electron chi connectivity index (χ3n) is 6.00. The summed E-state index contributed by atoms with van der Waals surface area (Å²) in [5.41, 5.74) is 1.88. The first-order valence-electron chi connectivity index (χ1n) is 7.94. The van der Waals surface area contributed by atoms with Gasteiger partial charge in [0, 0.05) is 6.07 Å². The lowest BCUT2D eigenvalue weighted by molar-refractivity contribution is -0.00535. The molecule has 0 heterocycles. The zero-order valence-corrected chi connectivity index (χ0v) is 12.5. The first-order chi connectivity index (χ1) is 9.70. The molecule has 4 aliphatic rings. The summed E-state index contributed by atoms with van der Waals surface area (Å²) in [6.07, 6.45) is 8.61. The highest BCUT2D eigenvalue weighted by Gasteiger charge is 2.51. The van der Waals surface area contributed by atoms with Crippen molar-refractivity contribution in [1.29, 1.82) is 0 Å². The van der Waals surface area contributed by atoms with Crippen LogP contribution in [0.25, 0.3) is 0 Å². The van der Waals surface area contributed by atoms with Crippen LogP contribution in [0.4, 0.5) is 0 Å². The lowest BCUT2D eigenvalue weighted by Gasteiger charge is -2.57. The largest absolute Gasteiger partial charge is 0.497 e. The maximum absolute atomic E-state index is 5.48. The second kappa shape index (κ2) is 4.41. The number of rotatable bonds is 3. The molecular weight excluding hydrogens is 248 g/mol. The van der Waals surface area contributed by atoms with Crippen LogP contribution < -0.4 is 9.47 Å². The third kappa shape index (κ3) is 1.84. The molecule has 0 spiro atoms. The minimum atomic E-state index is 0.413. The van der Waals surface area contributed by atoms with Crippen molar-refractivity contribution in [3.63, 3.8) is 0 Å². The Balaban J connectivity index is 1.76. The van der Waals surface area contributed by atoms with Gasteiger partial charge < -0.3 is 9.47 Å². The summed E-state index contributed by atoms with van der Waals surface area (Å²) in [5, 5.41) is 0. The molecule has 0 aliphatic heterocycles. The van der Waals surface area contributed by atoms with E-state index in [1.807, 2.05) is 6.07 Å². The van der Waals surface area contributed by atoms with Gasteiger partial charge in [0.05, 0.1) is 14.2 Å². The monoisotopic (exact) mass is 272 g/mol. The molecule has 0 N–H and O–H groups in total. The summed E-state index contributed by atoms with van der Waals surface area (Å²) in [7, 11) is 3.50. The van der Waals surface area contributed by atoms with E-state index in [1.165, 1.54) is 44.1 Å². The fourth-order valence-electron chi connectivity index (χ4n) is 5.58. The molecule has 2 heteroatoms. The lowest BCUT2D eigenvalue weighted by Crippen LogP contribution is -2.48. The highest BCUT2D eigenvalue weighted by Crippen LogP contribution is 2.61. The van der Waals surface area contributed by atoms with Crippen LogP contribution >= 0.6 is 0 Å². The van der Waals surface area contributed by atoms with E-state index in [0.717, 1.165) is 29.3 Å². The Labute approximate surface area is 121 Å². The first-order valence-corrected chi connectivity index (χ1v) is 7.94. The van der Waals surface area contributed by atoms with Crippen molar-refractivity contribution in [3.05, 3.63) is 23.8 Å². The second-order valence-electron chi connectivity index (χ2n) is 7.30. The molecule has 0 aromatic heterocycles. The molecular formula is C18H24O2. The van der Waals surface area contributed by atoms with E-state index >= 15 is 0 Å². The number of hydrogen-bond acceptors (Lipinski definition) is 2. The average molecular weight is 272 g/mol. The van der Waals surface area contributed by atoms with Gasteiger partial charge in [0.1, 0.15) is 11.5 Å². The highest BCUT2D eigenvalue weighted by atomic mass is 16.5. The van der Waals surface area contributed by atoms with E-state index in [0.29, 0.717) is 5.41 Å². The molecule has 1 aromatic carbocycles. The zero-order chi connectivity index (χ0) is 13.7. The summed E-state index contributed by atoms with van der Waals surface area (Å²) in [6.45, 7) is 0. The van der Waals surface area contributed by atoms with Crippen LogP contribution in [0, 0.1) is 17.8 Å². The average Bonchev–Trinajstić information content (AvgIpc) is 2.45. The quantitative estimate of drug-likeness (QED) is 0.822. The Hall–Kier alpha value is -1.18. The zero-order valence-electron chi connectivity index (χ0n) is 12.5. The Kier molecular flexibility index (Phi) is 2.77. The Morgan fingerprint density at radius 2 is 1.25 bits per heavy atom. The van der Waals surface area contributed by atoms with Crippen LogP contribution in [-0.2, 0) is 5.41 Å². The van der Waals surface area contributed by atoms with Gasteiger partial charge in [-0.3, -0.25) is 0 Å². The number of methoxy groups -OCH3 is 2. The van der Waals surface area contributed by atoms with Crippen molar-refractivity contribution in [2.75, 3.05) is 14.2 Å². The van der Waals surface area contributed by atoms with E-state index in [4.69, 9.17) is 9.47 Å². The van der Waals surface area contributed by atoms with Crippen molar-refractivity contribution in [3.8, 4) is 11.5 Å². The second-order valence-corrected chi connectivity index (χ2v) is 7.30. The standard InChI is InChI=1S/C18H24O2/c1-19-16-6-15(7-17(8-16)20-2)18-9-12-3-13(10-18)5-14(4-12)11-18/h6-8,12-14H,3-5,9-11H2,1-2H3. The smallest absolute Gasteiger partial charge is 0.122 e. The Bertz CT molecular complexity index is 463. The van der Waals surface area contributed by atoms with E-state index < -0.39 is 0 Å². The minimum Gasteiger partial charge on any atom is -0.497 e. The van der Waals surface area contributed by atoms with Gasteiger partial charge in [-0.25, -0.2) is 0 Å². The van der Waals surface area contributed by atoms with Crippen LogP contribution in [0.1, 0.15) is 44.1 Å². The fourth-order valence-corrected chi connectivity index (χ4v) is 5.58. The van der Waals surface area contributed by atoms with Crippen LogP contribution in [0.15, 0.2) is 18.2 Å². The van der Waals surface area contributed by atoms with Gasteiger partial charge in [-0.2, -0.15) is 0 Å². The molecule has 108 valence electrons. The van der Waals surface area contributed by atoms with Crippen molar-refractivity contribution in [2.24, 2.45) is 17.8 Å². The molecule has 4 aliphatic carbocycles. The molecule has 5 rings (SSSR count). The highest BCUT2D eigenvalue weighted by molar-refractivity contribution is 5.43. The van der Waals surface area contributed by atoms with E-state index in [2.05, 4.69) is 12.1 Å². The van der Waals surface area contributed by atoms with Gasteiger partial charge in [0.2, 0.25) is 0 Å². The number of ether oxygens (including phenoxy) is 2. The third-order valence-corrected chi connectivity index (χ3v) is 6.00. The van der Waals surface area contributed by atoms with Crippen molar-refractivity contribution < 1.29 is 9.47 Å². The van der Waals surface area contributed by atoms with E-state index in [9.17, 15) is 0 Å². The molecule has 4 bridgehead atoms. The Morgan fingerprint density at radius 1 is 0.800 bits per heavy atom. The van der Waals surface area contributed by atoms with Crippen LogP contribution in [-0.4, -0.2) is 14.2 Å². The summed E-state index contributed by atoms with van der Waals surface area (Å²) in [6, 6.07) is 6.51. The molecule has 4 fully saturated rings. The van der Waals surface area contributed by atoms with Gasteiger partial charge in [0.15, 0.2) is 0 Å². The molecule has 0 atom stereocenters. The summed E-state index contributed by atoms with van der Waals surface area (Å²) >= 11 is 0. The maximum Gasteiger partial charge on any atom is 0.122 e. The lowest BCUT2D eigenvalue weighted by atomic mass is 9.48. The Morgan fingerprint density at radius 3 is 1.65 bits per heavy atom. The van der Waals surface area contributed by atoms with Crippen LogP contribution in [0.5, 0.6) is 11.5 Å². The normalized spacial score (nSPS) is 38.0. The summed E-state index contributed by atoms with van der Waals surface area (Å²) in [4.78, 5) is 0. The van der Waals surface area contributed by atoms with E-state index in [1.54, 1.807) is 14.2 Å². The molecule has 0 saturated heterocycles. The van der Waals surface area contributed by atoms with Crippen LogP contribution in [0.3, 0.4) is 0 Å². The molecule has 4 saturated carbocycles. The van der Waals surface area contributed by atoms with E-state index in [-0.39, 0.29) is 0 Å². The summed E-state index contributed by atoms with van der Waals surface area (Å²) < 4.78 is 11.0.